The molecular weight excluding hydrogens is 445 g/mol. The van der Waals surface area contributed by atoms with Crippen LogP contribution in [-0.2, 0) is 0 Å². The molecule has 1 saturated heterocycles. The molecule has 4 aromatic rings. The Balaban J connectivity index is 1.70. The summed E-state index contributed by atoms with van der Waals surface area (Å²) in [5.74, 6) is 0.680. The third-order valence-electron chi connectivity index (χ3n) is 6.50. The summed E-state index contributed by atoms with van der Waals surface area (Å²) in [6, 6.07) is 16.9. The number of thiocarbonyl (C=S) groups is 1. The van der Waals surface area contributed by atoms with Gasteiger partial charge < -0.3 is 14.8 Å². The smallest absolute Gasteiger partial charge is 0.174 e. The fourth-order valence-electron chi connectivity index (χ4n) is 4.85. The minimum atomic E-state index is -0.233. The Bertz CT molecular complexity index is 1380. The Kier molecular flexibility index (Phi) is 5.65. The van der Waals surface area contributed by atoms with E-state index in [0.717, 1.165) is 39.7 Å². The Morgan fingerprint density at radius 2 is 1.71 bits per heavy atom. The van der Waals surface area contributed by atoms with Crippen LogP contribution in [0, 0.1) is 33.5 Å². The zero-order valence-corrected chi connectivity index (χ0v) is 20.4. The van der Waals surface area contributed by atoms with Crippen molar-refractivity contribution in [3.8, 4) is 5.82 Å². The summed E-state index contributed by atoms with van der Waals surface area (Å²) in [6.45, 7) is 8.04. The number of benzene rings is 1. The summed E-state index contributed by atoms with van der Waals surface area (Å²) in [5, 5.41) is 4.07. The van der Waals surface area contributed by atoms with Gasteiger partial charge in [-0.05, 0) is 99.1 Å². The van der Waals surface area contributed by atoms with Crippen molar-refractivity contribution in [1.29, 1.82) is 0 Å². The highest BCUT2D eigenvalue weighted by atomic mass is 32.1. The van der Waals surface area contributed by atoms with Crippen molar-refractivity contribution in [2.24, 2.45) is 0 Å². The van der Waals surface area contributed by atoms with Gasteiger partial charge in [0.2, 0.25) is 0 Å². The first-order valence-corrected chi connectivity index (χ1v) is 11.6. The second kappa shape index (κ2) is 8.65. The van der Waals surface area contributed by atoms with Gasteiger partial charge >= 0.3 is 0 Å². The Hall–Kier alpha value is -3.58. The highest BCUT2D eigenvalue weighted by Crippen LogP contribution is 2.44. The van der Waals surface area contributed by atoms with Gasteiger partial charge in [-0.2, -0.15) is 0 Å². The van der Waals surface area contributed by atoms with E-state index in [9.17, 15) is 4.39 Å². The molecular formula is C27H26FN5S. The average molecular weight is 472 g/mol. The van der Waals surface area contributed by atoms with Crippen LogP contribution in [0.1, 0.15) is 45.9 Å². The quantitative estimate of drug-likeness (QED) is 0.380. The molecule has 0 bridgehead atoms. The van der Waals surface area contributed by atoms with E-state index in [4.69, 9.17) is 12.2 Å². The molecule has 34 heavy (non-hydrogen) atoms. The van der Waals surface area contributed by atoms with Crippen LogP contribution in [0.15, 0.2) is 67.0 Å². The lowest BCUT2D eigenvalue weighted by Crippen LogP contribution is -2.29. The summed E-state index contributed by atoms with van der Waals surface area (Å²) in [7, 11) is 0. The summed E-state index contributed by atoms with van der Waals surface area (Å²) in [5.41, 5.74) is 6.71. The number of anilines is 1. The lowest BCUT2D eigenvalue weighted by Gasteiger charge is -2.28. The lowest BCUT2D eigenvalue weighted by atomic mass is 9.96. The van der Waals surface area contributed by atoms with E-state index in [1.807, 2.05) is 36.5 Å². The molecule has 4 heterocycles. The molecule has 0 saturated carbocycles. The lowest BCUT2D eigenvalue weighted by molar-refractivity contribution is 0.564. The number of aromatic nitrogens is 3. The van der Waals surface area contributed by atoms with Crippen LogP contribution in [-0.4, -0.2) is 19.6 Å². The molecule has 1 fully saturated rings. The first-order valence-electron chi connectivity index (χ1n) is 11.2. The van der Waals surface area contributed by atoms with Crippen molar-refractivity contribution in [2.75, 3.05) is 4.90 Å². The predicted octanol–water partition coefficient (Wildman–Crippen LogP) is 5.82. The normalized spacial score (nSPS) is 17.8. The molecule has 1 aromatic carbocycles. The van der Waals surface area contributed by atoms with E-state index in [2.05, 4.69) is 57.7 Å². The summed E-state index contributed by atoms with van der Waals surface area (Å²) in [4.78, 5) is 11.4. The molecule has 5 rings (SSSR count). The number of nitrogens with one attached hydrogen (secondary N) is 1. The van der Waals surface area contributed by atoms with Crippen molar-refractivity contribution in [3.63, 3.8) is 0 Å². The Morgan fingerprint density at radius 3 is 2.41 bits per heavy atom. The summed E-state index contributed by atoms with van der Waals surface area (Å²) >= 11 is 5.82. The Labute approximate surface area is 204 Å². The van der Waals surface area contributed by atoms with E-state index in [1.165, 1.54) is 6.07 Å². The van der Waals surface area contributed by atoms with Gasteiger partial charge in [0.05, 0.1) is 17.8 Å². The molecule has 0 radical (unpaired) electrons. The highest BCUT2D eigenvalue weighted by molar-refractivity contribution is 7.80. The SMILES string of the molecule is Cc1cc(N2C(=S)N[C@@H](c3ccccn3)[C@@H]2c2cc(C)n(-c3ncccc3C)c2C)ccc1F. The molecule has 5 nitrogen and oxygen atoms in total. The number of halogens is 1. The van der Waals surface area contributed by atoms with Crippen LogP contribution in [0.2, 0.25) is 0 Å². The van der Waals surface area contributed by atoms with Gasteiger partial charge in [0.1, 0.15) is 11.6 Å². The van der Waals surface area contributed by atoms with Gasteiger partial charge in [0.15, 0.2) is 5.11 Å². The zero-order chi connectivity index (χ0) is 24.0. The minimum Gasteiger partial charge on any atom is -0.351 e. The predicted molar refractivity (Wildman–Crippen MR) is 137 cm³/mol. The van der Waals surface area contributed by atoms with Crippen molar-refractivity contribution < 1.29 is 4.39 Å². The first kappa shape index (κ1) is 22.2. The van der Waals surface area contributed by atoms with Crippen molar-refractivity contribution in [3.05, 3.63) is 107 Å². The van der Waals surface area contributed by atoms with Gasteiger partial charge in [0, 0.05) is 29.5 Å². The number of pyridine rings is 2. The third kappa shape index (κ3) is 3.66. The number of hydrogen-bond donors (Lipinski definition) is 1. The molecule has 0 unspecified atom stereocenters. The van der Waals surface area contributed by atoms with Crippen LogP contribution in [0.3, 0.4) is 0 Å². The van der Waals surface area contributed by atoms with Gasteiger partial charge in [-0.15, -0.1) is 0 Å². The fourth-order valence-corrected chi connectivity index (χ4v) is 5.20. The topological polar surface area (TPSA) is 46.0 Å². The van der Waals surface area contributed by atoms with Crippen LogP contribution in [0.4, 0.5) is 10.1 Å². The van der Waals surface area contributed by atoms with Crippen molar-refractivity contribution in [1.82, 2.24) is 19.9 Å². The molecule has 3 aromatic heterocycles. The van der Waals surface area contributed by atoms with Crippen LogP contribution < -0.4 is 10.2 Å². The summed E-state index contributed by atoms with van der Waals surface area (Å²) < 4.78 is 16.3. The van der Waals surface area contributed by atoms with Crippen LogP contribution >= 0.6 is 12.2 Å². The zero-order valence-electron chi connectivity index (χ0n) is 19.6. The fraction of sp³-hybridized carbons (Fsp3) is 0.222. The molecule has 0 amide bonds. The van der Waals surface area contributed by atoms with Gasteiger partial charge in [-0.3, -0.25) is 4.98 Å². The molecule has 7 heteroatoms. The maximum Gasteiger partial charge on any atom is 0.174 e. The second-order valence-corrected chi connectivity index (χ2v) is 9.12. The molecule has 172 valence electrons. The van der Waals surface area contributed by atoms with E-state index in [0.29, 0.717) is 10.7 Å². The van der Waals surface area contributed by atoms with Crippen LogP contribution in [0.5, 0.6) is 0 Å². The molecule has 1 aliphatic rings. The van der Waals surface area contributed by atoms with Crippen molar-refractivity contribution in [2.45, 2.75) is 39.8 Å². The second-order valence-electron chi connectivity index (χ2n) is 8.74. The molecule has 0 spiro atoms. The molecule has 0 aliphatic carbocycles. The minimum absolute atomic E-state index is 0.169. The third-order valence-corrected chi connectivity index (χ3v) is 6.81. The van der Waals surface area contributed by atoms with E-state index < -0.39 is 0 Å². The number of aryl methyl sites for hydroxylation is 3. The molecule has 1 N–H and O–H groups in total. The molecule has 1 aliphatic heterocycles. The average Bonchev–Trinajstić information content (AvgIpc) is 3.32. The Morgan fingerprint density at radius 1 is 0.912 bits per heavy atom. The van der Waals surface area contributed by atoms with Gasteiger partial charge in [0.25, 0.3) is 0 Å². The standard InChI is InChI=1S/C27H26FN5S/c1-16-8-7-13-30-26(16)32-18(3)15-21(19(32)4)25-24(23-9-5-6-12-29-23)31-27(34)33(25)20-10-11-22(28)17(2)14-20/h5-15,24-25H,1-4H3,(H,31,34)/t24-,25-/m0/s1. The number of nitrogens with zero attached hydrogens (tertiary/aromatic N) is 4. The van der Waals surface area contributed by atoms with Gasteiger partial charge in [-0.25, -0.2) is 9.37 Å². The first-order chi connectivity index (χ1) is 16.4. The number of rotatable bonds is 4. The van der Waals surface area contributed by atoms with Gasteiger partial charge in [-0.1, -0.05) is 12.1 Å². The monoisotopic (exact) mass is 471 g/mol. The van der Waals surface area contributed by atoms with Crippen molar-refractivity contribution >= 4 is 23.0 Å². The van der Waals surface area contributed by atoms with Crippen LogP contribution in [0.25, 0.3) is 5.82 Å². The van der Waals surface area contributed by atoms with E-state index >= 15 is 0 Å². The maximum absolute atomic E-state index is 14.1. The largest absolute Gasteiger partial charge is 0.351 e. The number of hydrogen-bond acceptors (Lipinski definition) is 3. The molecule has 2 atom stereocenters. The van der Waals surface area contributed by atoms with E-state index in [1.54, 1.807) is 19.2 Å². The maximum atomic E-state index is 14.1. The highest BCUT2D eigenvalue weighted by Gasteiger charge is 2.42. The van der Waals surface area contributed by atoms with E-state index in [-0.39, 0.29) is 17.9 Å². The summed E-state index contributed by atoms with van der Waals surface area (Å²) in [6.07, 6.45) is 3.61.